The second-order valence-corrected chi connectivity index (χ2v) is 8.41. The Morgan fingerprint density at radius 1 is 1.00 bits per heavy atom. The lowest BCUT2D eigenvalue weighted by molar-refractivity contribution is -0.155. The van der Waals surface area contributed by atoms with Crippen LogP contribution in [0.25, 0.3) is 0 Å². The molecule has 6 heteroatoms. The summed E-state index contributed by atoms with van der Waals surface area (Å²) in [5.41, 5.74) is 1.23. The van der Waals surface area contributed by atoms with Gasteiger partial charge in [-0.25, -0.2) is 5.01 Å². The summed E-state index contributed by atoms with van der Waals surface area (Å²) in [6.07, 6.45) is 2.32. The Morgan fingerprint density at radius 2 is 1.66 bits per heavy atom. The van der Waals surface area contributed by atoms with Gasteiger partial charge in [0, 0.05) is 10.6 Å². The number of imide groups is 1. The number of benzene rings is 2. The third kappa shape index (κ3) is 3.79. The van der Waals surface area contributed by atoms with E-state index in [2.05, 4.69) is 6.92 Å². The van der Waals surface area contributed by atoms with E-state index in [9.17, 15) is 14.4 Å². The van der Waals surface area contributed by atoms with Crippen molar-refractivity contribution in [3.63, 3.8) is 0 Å². The Labute approximate surface area is 175 Å². The molecule has 0 unspecified atom stereocenters. The quantitative estimate of drug-likeness (QED) is 0.705. The van der Waals surface area contributed by atoms with Crippen molar-refractivity contribution in [3.05, 3.63) is 70.7 Å². The highest BCUT2D eigenvalue weighted by molar-refractivity contribution is 6.30. The summed E-state index contributed by atoms with van der Waals surface area (Å²) in [6.45, 7) is 2.26. The minimum absolute atomic E-state index is 0.148. The lowest BCUT2D eigenvalue weighted by Crippen LogP contribution is -2.49. The lowest BCUT2D eigenvalue weighted by atomic mass is 9.76. The maximum Gasteiger partial charge on any atom is 0.273 e. The van der Waals surface area contributed by atoms with Gasteiger partial charge in [-0.1, -0.05) is 48.9 Å². The lowest BCUT2D eigenvalue weighted by Gasteiger charge is -2.30. The monoisotopic (exact) mass is 410 g/mol. The van der Waals surface area contributed by atoms with Gasteiger partial charge in [0.1, 0.15) is 0 Å². The zero-order chi connectivity index (χ0) is 20.5. The van der Waals surface area contributed by atoms with Gasteiger partial charge in [-0.2, -0.15) is 5.01 Å². The second-order valence-electron chi connectivity index (χ2n) is 7.97. The van der Waals surface area contributed by atoms with Crippen LogP contribution in [0.15, 0.2) is 54.6 Å². The van der Waals surface area contributed by atoms with Crippen LogP contribution in [0.4, 0.5) is 0 Å². The van der Waals surface area contributed by atoms with E-state index in [1.54, 1.807) is 24.3 Å². The predicted octanol–water partition coefficient (Wildman–Crippen LogP) is 4.32. The molecule has 1 saturated carbocycles. The SMILES string of the molecule is C[C@@H]1CC[C@@H]2C(=O)N(N(Cc3ccccc3)C(=O)c3ccc(Cl)cc3)C(=O)[C@@H]2C1. The number of nitrogens with zero attached hydrogens (tertiary/aromatic N) is 2. The zero-order valence-electron chi connectivity index (χ0n) is 16.3. The van der Waals surface area contributed by atoms with Crippen molar-refractivity contribution < 1.29 is 14.4 Å². The van der Waals surface area contributed by atoms with E-state index in [-0.39, 0.29) is 36.1 Å². The summed E-state index contributed by atoms with van der Waals surface area (Å²) in [6, 6.07) is 15.9. The number of carbonyl (C=O) groups is 3. The molecule has 1 aliphatic carbocycles. The Hall–Kier alpha value is -2.66. The molecule has 2 fully saturated rings. The molecule has 2 aromatic carbocycles. The summed E-state index contributed by atoms with van der Waals surface area (Å²) in [7, 11) is 0. The molecule has 5 nitrogen and oxygen atoms in total. The van der Waals surface area contributed by atoms with Crippen molar-refractivity contribution >= 4 is 29.3 Å². The summed E-state index contributed by atoms with van der Waals surface area (Å²) in [5, 5.41) is 2.92. The van der Waals surface area contributed by atoms with Crippen molar-refractivity contribution in [3.8, 4) is 0 Å². The van der Waals surface area contributed by atoms with Gasteiger partial charge in [-0.15, -0.1) is 0 Å². The molecule has 0 radical (unpaired) electrons. The molecular formula is C23H23ClN2O3. The van der Waals surface area contributed by atoms with E-state index in [1.165, 1.54) is 5.01 Å². The van der Waals surface area contributed by atoms with E-state index in [0.29, 0.717) is 29.3 Å². The number of amides is 3. The maximum atomic E-state index is 13.3. The van der Waals surface area contributed by atoms with E-state index >= 15 is 0 Å². The first-order chi connectivity index (χ1) is 14.0. The molecule has 2 aromatic rings. The van der Waals surface area contributed by atoms with Crippen LogP contribution in [0, 0.1) is 17.8 Å². The topological polar surface area (TPSA) is 57.7 Å². The number of carbonyl (C=O) groups excluding carboxylic acids is 3. The van der Waals surface area contributed by atoms with Crippen LogP contribution < -0.4 is 0 Å². The van der Waals surface area contributed by atoms with Crippen LogP contribution >= 0.6 is 11.6 Å². The Balaban J connectivity index is 1.69. The van der Waals surface area contributed by atoms with E-state index in [4.69, 9.17) is 11.6 Å². The number of rotatable bonds is 4. The van der Waals surface area contributed by atoms with Crippen molar-refractivity contribution in [1.29, 1.82) is 0 Å². The molecule has 150 valence electrons. The molecule has 3 atom stereocenters. The molecule has 29 heavy (non-hydrogen) atoms. The normalized spacial score (nSPS) is 23.8. The van der Waals surface area contributed by atoms with Gasteiger partial charge in [0.25, 0.3) is 17.7 Å². The highest BCUT2D eigenvalue weighted by Gasteiger charge is 2.52. The third-order valence-electron chi connectivity index (χ3n) is 5.91. The fourth-order valence-electron chi connectivity index (χ4n) is 4.34. The molecule has 4 rings (SSSR count). The van der Waals surface area contributed by atoms with Gasteiger partial charge < -0.3 is 0 Å². The van der Waals surface area contributed by atoms with Gasteiger partial charge in [0.15, 0.2) is 0 Å². The zero-order valence-corrected chi connectivity index (χ0v) is 17.0. The number of fused-ring (bicyclic) bond motifs is 1. The van der Waals surface area contributed by atoms with Crippen LogP contribution in [0.2, 0.25) is 5.02 Å². The van der Waals surface area contributed by atoms with Crippen molar-refractivity contribution in [1.82, 2.24) is 10.0 Å². The minimum atomic E-state index is -0.390. The molecule has 1 heterocycles. The Morgan fingerprint density at radius 3 is 2.34 bits per heavy atom. The van der Waals surface area contributed by atoms with Gasteiger partial charge in [0.2, 0.25) is 0 Å². The first-order valence-corrected chi connectivity index (χ1v) is 10.3. The number of hydrogen-bond donors (Lipinski definition) is 0. The standard InChI is InChI=1S/C23H23ClN2O3/c1-15-7-12-19-20(13-15)23(29)26(22(19)28)25(14-16-5-3-2-4-6-16)21(27)17-8-10-18(24)11-9-17/h2-6,8-11,15,19-20H,7,12-14H2,1H3/t15-,19+,20-/m1/s1. The van der Waals surface area contributed by atoms with E-state index in [0.717, 1.165) is 17.0 Å². The van der Waals surface area contributed by atoms with E-state index < -0.39 is 0 Å². The molecule has 0 spiro atoms. The Bertz CT molecular complexity index is 929. The van der Waals surface area contributed by atoms with Gasteiger partial charge >= 0.3 is 0 Å². The molecule has 3 amide bonds. The molecular weight excluding hydrogens is 388 g/mol. The molecule has 0 bridgehead atoms. The molecule has 0 aromatic heterocycles. The summed E-state index contributed by atoms with van der Waals surface area (Å²) in [5.74, 6) is -1.16. The minimum Gasteiger partial charge on any atom is -0.272 e. The van der Waals surface area contributed by atoms with E-state index in [1.807, 2.05) is 30.3 Å². The molecule has 0 N–H and O–H groups in total. The fraction of sp³-hybridized carbons (Fsp3) is 0.348. The largest absolute Gasteiger partial charge is 0.273 e. The number of hydrazine groups is 1. The molecule has 1 saturated heterocycles. The van der Waals surface area contributed by atoms with Crippen LogP contribution in [-0.2, 0) is 16.1 Å². The summed E-state index contributed by atoms with van der Waals surface area (Å²) < 4.78 is 0. The molecule has 2 aliphatic rings. The fourth-order valence-corrected chi connectivity index (χ4v) is 4.47. The Kier molecular flexibility index (Phi) is 5.41. The van der Waals surface area contributed by atoms with Crippen molar-refractivity contribution in [2.75, 3.05) is 0 Å². The first kappa shape index (κ1) is 19.6. The van der Waals surface area contributed by atoms with Gasteiger partial charge in [0.05, 0.1) is 18.4 Å². The smallest absolute Gasteiger partial charge is 0.272 e. The molecule has 1 aliphatic heterocycles. The highest BCUT2D eigenvalue weighted by Crippen LogP contribution is 2.41. The van der Waals surface area contributed by atoms with Gasteiger partial charge in [-0.3, -0.25) is 14.4 Å². The second kappa shape index (κ2) is 7.99. The van der Waals surface area contributed by atoms with Crippen LogP contribution in [0.3, 0.4) is 0 Å². The maximum absolute atomic E-state index is 13.3. The number of halogens is 1. The highest BCUT2D eigenvalue weighted by atomic mass is 35.5. The van der Waals surface area contributed by atoms with Crippen LogP contribution in [0.1, 0.15) is 42.1 Å². The van der Waals surface area contributed by atoms with Crippen molar-refractivity contribution in [2.45, 2.75) is 32.7 Å². The summed E-state index contributed by atoms with van der Waals surface area (Å²) >= 11 is 5.95. The van der Waals surface area contributed by atoms with Crippen LogP contribution in [0.5, 0.6) is 0 Å². The first-order valence-electron chi connectivity index (χ1n) is 9.95. The average Bonchev–Trinajstić information content (AvgIpc) is 2.97. The predicted molar refractivity (Wildman–Crippen MR) is 110 cm³/mol. The third-order valence-corrected chi connectivity index (χ3v) is 6.16. The summed E-state index contributed by atoms with van der Waals surface area (Å²) in [4.78, 5) is 39.7. The van der Waals surface area contributed by atoms with Gasteiger partial charge in [-0.05, 0) is 55.0 Å². The number of hydrogen-bond acceptors (Lipinski definition) is 3. The van der Waals surface area contributed by atoms with Crippen LogP contribution in [-0.4, -0.2) is 27.7 Å². The average molecular weight is 411 g/mol. The van der Waals surface area contributed by atoms with Crippen molar-refractivity contribution in [2.24, 2.45) is 17.8 Å².